The molecule has 0 atom stereocenters. The number of benzene rings is 2. The Morgan fingerprint density at radius 2 is 1.68 bits per heavy atom. The highest BCUT2D eigenvalue weighted by atomic mass is 79.9. The number of ether oxygens (including phenoxy) is 2. The Balaban J connectivity index is 1.85. The van der Waals surface area contributed by atoms with Crippen molar-refractivity contribution in [3.63, 3.8) is 0 Å². The second-order valence-corrected chi connectivity index (χ2v) is 6.90. The van der Waals surface area contributed by atoms with Crippen LogP contribution in [0.25, 0.3) is 0 Å². The van der Waals surface area contributed by atoms with Crippen LogP contribution in [0.5, 0.6) is 11.5 Å². The highest BCUT2D eigenvalue weighted by Gasteiger charge is 2.09. The number of hydrazone groups is 1. The molecular weight excluding hydrogens is 426 g/mol. The van der Waals surface area contributed by atoms with Crippen LogP contribution in [0.1, 0.15) is 18.9 Å². The Labute approximate surface area is 172 Å². The zero-order valence-electron chi connectivity index (χ0n) is 15.9. The molecular formula is C20H22BrN3O4. The average molecular weight is 448 g/mol. The lowest BCUT2D eigenvalue weighted by Gasteiger charge is -2.09. The van der Waals surface area contributed by atoms with Gasteiger partial charge in [0, 0.05) is 15.9 Å². The molecule has 2 amide bonds. The summed E-state index contributed by atoms with van der Waals surface area (Å²) in [4.78, 5) is 24.1. The van der Waals surface area contributed by atoms with E-state index in [4.69, 9.17) is 9.47 Å². The van der Waals surface area contributed by atoms with Crippen LogP contribution in [-0.4, -0.2) is 31.7 Å². The molecule has 0 bridgehead atoms. The van der Waals surface area contributed by atoms with E-state index in [-0.39, 0.29) is 24.7 Å². The molecule has 0 spiro atoms. The van der Waals surface area contributed by atoms with Crippen molar-refractivity contribution in [1.29, 1.82) is 0 Å². The number of rotatable bonds is 8. The van der Waals surface area contributed by atoms with E-state index in [2.05, 4.69) is 31.8 Å². The van der Waals surface area contributed by atoms with Gasteiger partial charge >= 0.3 is 0 Å². The number of hydrogen-bond acceptors (Lipinski definition) is 5. The van der Waals surface area contributed by atoms with Crippen LogP contribution in [0.2, 0.25) is 0 Å². The number of carbonyl (C=O) groups is 2. The molecule has 2 N–H and O–H groups in total. The van der Waals surface area contributed by atoms with Crippen molar-refractivity contribution in [3.8, 4) is 11.5 Å². The van der Waals surface area contributed by atoms with E-state index in [0.29, 0.717) is 22.9 Å². The van der Waals surface area contributed by atoms with Crippen LogP contribution < -0.4 is 20.2 Å². The molecule has 0 aliphatic heterocycles. The first-order valence-electron chi connectivity index (χ1n) is 8.49. The van der Waals surface area contributed by atoms with Gasteiger partial charge in [0.05, 0.1) is 27.1 Å². The van der Waals surface area contributed by atoms with Gasteiger partial charge in [-0.05, 0) is 48.9 Å². The Morgan fingerprint density at radius 1 is 1.00 bits per heavy atom. The van der Waals surface area contributed by atoms with E-state index in [9.17, 15) is 9.59 Å². The van der Waals surface area contributed by atoms with Crippen LogP contribution in [0.15, 0.2) is 52.0 Å². The summed E-state index contributed by atoms with van der Waals surface area (Å²) in [5.41, 5.74) is 4.41. The molecule has 0 aliphatic carbocycles. The zero-order chi connectivity index (χ0) is 20.5. The quantitative estimate of drug-likeness (QED) is 0.478. The number of nitrogens with one attached hydrogen (secondary N) is 2. The Morgan fingerprint density at radius 3 is 2.32 bits per heavy atom. The van der Waals surface area contributed by atoms with Crippen LogP contribution in [0.3, 0.4) is 0 Å². The molecule has 0 saturated carbocycles. The molecule has 0 radical (unpaired) electrons. The maximum atomic E-state index is 12.1. The molecule has 0 aromatic heterocycles. The summed E-state index contributed by atoms with van der Waals surface area (Å²) in [6, 6.07) is 12.5. The molecule has 148 valence electrons. The van der Waals surface area contributed by atoms with Gasteiger partial charge in [0.25, 0.3) is 0 Å². The van der Waals surface area contributed by atoms with Crippen molar-refractivity contribution >= 4 is 39.1 Å². The van der Waals surface area contributed by atoms with Gasteiger partial charge in [-0.15, -0.1) is 0 Å². The van der Waals surface area contributed by atoms with E-state index >= 15 is 0 Å². The number of methoxy groups -OCH3 is 2. The van der Waals surface area contributed by atoms with Gasteiger partial charge < -0.3 is 14.8 Å². The second-order valence-electron chi connectivity index (χ2n) is 5.98. The molecule has 0 heterocycles. The van der Waals surface area contributed by atoms with Gasteiger partial charge in [0.15, 0.2) is 11.5 Å². The first-order valence-corrected chi connectivity index (χ1v) is 9.29. The molecule has 2 rings (SSSR count). The van der Waals surface area contributed by atoms with Gasteiger partial charge in [0.2, 0.25) is 11.8 Å². The lowest BCUT2D eigenvalue weighted by Crippen LogP contribution is -2.22. The SMILES string of the molecule is COc1ccc(CC(=O)NN=C(C)CC(=O)Nc2ccc(Br)cc2)cc1OC. The topological polar surface area (TPSA) is 89.0 Å². The van der Waals surface area contributed by atoms with Gasteiger partial charge in [0.1, 0.15) is 0 Å². The minimum atomic E-state index is -0.292. The fourth-order valence-corrected chi connectivity index (χ4v) is 2.65. The number of amides is 2. The predicted molar refractivity (Wildman–Crippen MR) is 112 cm³/mol. The number of anilines is 1. The number of carbonyl (C=O) groups excluding carboxylic acids is 2. The molecule has 0 unspecified atom stereocenters. The third-order valence-electron chi connectivity index (χ3n) is 3.73. The van der Waals surface area contributed by atoms with Crippen molar-refractivity contribution in [2.24, 2.45) is 5.10 Å². The second kappa shape index (κ2) is 10.5. The molecule has 2 aromatic carbocycles. The summed E-state index contributed by atoms with van der Waals surface area (Å²) in [6.45, 7) is 1.68. The van der Waals surface area contributed by atoms with Crippen LogP contribution in [0.4, 0.5) is 5.69 Å². The molecule has 0 saturated heterocycles. The van der Waals surface area contributed by atoms with Crippen LogP contribution in [-0.2, 0) is 16.0 Å². The first-order chi connectivity index (χ1) is 13.4. The van der Waals surface area contributed by atoms with E-state index in [1.54, 1.807) is 44.4 Å². The van der Waals surface area contributed by atoms with E-state index in [1.165, 1.54) is 7.11 Å². The Kier molecular flexibility index (Phi) is 8.01. The van der Waals surface area contributed by atoms with Gasteiger partial charge in [-0.25, -0.2) is 5.43 Å². The van der Waals surface area contributed by atoms with E-state index in [0.717, 1.165) is 10.0 Å². The maximum Gasteiger partial charge on any atom is 0.244 e. The fourth-order valence-electron chi connectivity index (χ4n) is 2.38. The standard InChI is InChI=1S/C20H22BrN3O4/c1-13(10-19(25)22-16-7-5-15(21)6-8-16)23-24-20(26)12-14-4-9-17(27-2)18(11-14)28-3/h4-9,11H,10,12H2,1-3H3,(H,22,25)(H,24,26). The summed E-state index contributed by atoms with van der Waals surface area (Å²) in [5.74, 6) is 0.645. The summed E-state index contributed by atoms with van der Waals surface area (Å²) in [6.07, 6.45) is 0.203. The monoisotopic (exact) mass is 447 g/mol. The predicted octanol–water partition coefficient (Wildman–Crippen LogP) is 3.53. The van der Waals surface area contributed by atoms with Crippen molar-refractivity contribution in [2.75, 3.05) is 19.5 Å². The lowest BCUT2D eigenvalue weighted by molar-refractivity contribution is -0.120. The smallest absolute Gasteiger partial charge is 0.244 e. The van der Waals surface area contributed by atoms with Gasteiger partial charge in [-0.2, -0.15) is 5.10 Å². The third kappa shape index (κ3) is 6.70. The summed E-state index contributed by atoms with van der Waals surface area (Å²) in [7, 11) is 3.09. The molecule has 0 fully saturated rings. The molecule has 8 heteroatoms. The molecule has 28 heavy (non-hydrogen) atoms. The molecule has 0 aliphatic rings. The molecule has 2 aromatic rings. The Hall–Kier alpha value is -2.87. The van der Waals surface area contributed by atoms with E-state index < -0.39 is 0 Å². The summed E-state index contributed by atoms with van der Waals surface area (Å²) in [5, 5.41) is 6.76. The maximum absolute atomic E-state index is 12.1. The normalized spacial score (nSPS) is 10.9. The van der Waals surface area contributed by atoms with Crippen molar-refractivity contribution < 1.29 is 19.1 Å². The minimum absolute atomic E-state index is 0.0761. The highest BCUT2D eigenvalue weighted by Crippen LogP contribution is 2.27. The highest BCUT2D eigenvalue weighted by molar-refractivity contribution is 9.10. The van der Waals surface area contributed by atoms with Crippen molar-refractivity contribution in [3.05, 3.63) is 52.5 Å². The average Bonchev–Trinajstić information content (AvgIpc) is 2.68. The van der Waals surface area contributed by atoms with Crippen molar-refractivity contribution in [2.45, 2.75) is 19.8 Å². The first kappa shape index (κ1) is 21.4. The minimum Gasteiger partial charge on any atom is -0.493 e. The zero-order valence-corrected chi connectivity index (χ0v) is 17.5. The Bertz CT molecular complexity index is 866. The lowest BCUT2D eigenvalue weighted by atomic mass is 10.1. The van der Waals surface area contributed by atoms with Crippen molar-refractivity contribution in [1.82, 2.24) is 5.43 Å². The van der Waals surface area contributed by atoms with Crippen LogP contribution in [0, 0.1) is 0 Å². The largest absolute Gasteiger partial charge is 0.493 e. The summed E-state index contributed by atoms with van der Waals surface area (Å²) >= 11 is 3.34. The third-order valence-corrected chi connectivity index (χ3v) is 4.26. The van der Waals surface area contributed by atoms with Gasteiger partial charge in [-0.3, -0.25) is 9.59 Å². The number of halogens is 1. The number of nitrogens with zero attached hydrogens (tertiary/aromatic N) is 1. The molecule has 7 nitrogen and oxygen atoms in total. The van der Waals surface area contributed by atoms with E-state index in [1.807, 2.05) is 12.1 Å². The van der Waals surface area contributed by atoms with Crippen LogP contribution >= 0.6 is 15.9 Å². The van der Waals surface area contributed by atoms with Gasteiger partial charge in [-0.1, -0.05) is 22.0 Å². The number of hydrogen-bond donors (Lipinski definition) is 2. The summed E-state index contributed by atoms with van der Waals surface area (Å²) < 4.78 is 11.3. The fraction of sp³-hybridized carbons (Fsp3) is 0.250.